The predicted molar refractivity (Wildman–Crippen MR) is 91.5 cm³/mol. The number of carbonyl (C=O) groups excluding carboxylic acids is 1. The van der Waals surface area contributed by atoms with E-state index in [1.165, 1.54) is 12.1 Å². The summed E-state index contributed by atoms with van der Waals surface area (Å²) >= 11 is 0. The van der Waals surface area contributed by atoms with E-state index in [4.69, 9.17) is 0 Å². The molecule has 2 N–H and O–H groups in total. The fourth-order valence-corrected chi connectivity index (χ4v) is 3.48. The molecule has 1 saturated heterocycles. The first-order valence-corrected chi connectivity index (χ1v) is 8.66. The van der Waals surface area contributed by atoms with Gasteiger partial charge in [0.15, 0.2) is 0 Å². The zero-order chi connectivity index (χ0) is 18.6. The molecule has 1 fully saturated rings. The normalized spacial score (nSPS) is 23.2. The first kappa shape index (κ1) is 18.5. The number of halogens is 1. The lowest BCUT2D eigenvalue weighted by Gasteiger charge is -2.45. The Morgan fingerprint density at radius 1 is 1.27 bits per heavy atom. The summed E-state index contributed by atoms with van der Waals surface area (Å²) in [7, 11) is 0. The molecule has 1 aromatic heterocycles. The minimum Gasteiger partial charge on any atom is -0.396 e. The first-order chi connectivity index (χ1) is 12.5. The van der Waals surface area contributed by atoms with E-state index < -0.39 is 11.5 Å². The summed E-state index contributed by atoms with van der Waals surface area (Å²) in [4.78, 5) is 14.3. The Labute approximate surface area is 151 Å². The number of likely N-dealkylation sites (tertiary alicyclic amines) is 1. The molecule has 1 aliphatic rings. The van der Waals surface area contributed by atoms with Crippen molar-refractivity contribution in [1.82, 2.24) is 19.7 Å². The van der Waals surface area contributed by atoms with Crippen LogP contribution < -0.4 is 0 Å². The van der Waals surface area contributed by atoms with Gasteiger partial charge in [0.1, 0.15) is 18.5 Å². The number of benzene rings is 1. The average Bonchev–Trinajstić information content (AvgIpc) is 3.17. The van der Waals surface area contributed by atoms with Gasteiger partial charge >= 0.3 is 0 Å². The molecule has 0 radical (unpaired) electrons. The van der Waals surface area contributed by atoms with Gasteiger partial charge in [0.05, 0.1) is 12.7 Å². The summed E-state index contributed by atoms with van der Waals surface area (Å²) in [6.45, 7) is 0.951. The molecule has 0 saturated carbocycles. The van der Waals surface area contributed by atoms with Crippen LogP contribution >= 0.6 is 0 Å². The van der Waals surface area contributed by atoms with Gasteiger partial charge in [-0.3, -0.25) is 4.79 Å². The zero-order valence-electron chi connectivity index (χ0n) is 14.5. The van der Waals surface area contributed by atoms with E-state index in [1.54, 1.807) is 34.3 Å². The van der Waals surface area contributed by atoms with Crippen LogP contribution in [0.5, 0.6) is 0 Å². The third-order valence-corrected chi connectivity index (χ3v) is 5.07. The first-order valence-electron chi connectivity index (χ1n) is 8.66. The molecule has 7 nitrogen and oxygen atoms in total. The maximum Gasteiger partial charge on any atom is 0.224 e. The van der Waals surface area contributed by atoms with Gasteiger partial charge in [-0.2, -0.15) is 0 Å². The summed E-state index contributed by atoms with van der Waals surface area (Å²) in [6.07, 6.45) is 3.46. The van der Waals surface area contributed by atoms with Crippen LogP contribution in [0, 0.1) is 11.2 Å². The van der Waals surface area contributed by atoms with Crippen molar-refractivity contribution < 1.29 is 19.4 Å². The standard InChI is InChI=1S/C18H23FN4O3/c19-15-3-1-14(2-4-15)9-18(11-24)10-23(8-5-16(18)25)17(26)6-7-22-12-20-21-13-22/h1-4,12-13,16,24-25H,5-11H2/t16-,18-/m0/s1. The monoisotopic (exact) mass is 362 g/mol. The van der Waals surface area contributed by atoms with Crippen LogP contribution in [0.15, 0.2) is 36.9 Å². The Balaban J connectivity index is 1.68. The second-order valence-corrected chi connectivity index (χ2v) is 6.89. The number of aliphatic hydroxyl groups is 2. The van der Waals surface area contributed by atoms with Crippen molar-refractivity contribution in [2.75, 3.05) is 19.7 Å². The molecular weight excluding hydrogens is 339 g/mol. The van der Waals surface area contributed by atoms with Crippen molar-refractivity contribution in [1.29, 1.82) is 0 Å². The van der Waals surface area contributed by atoms with Gasteiger partial charge in [0.25, 0.3) is 0 Å². The Hall–Kier alpha value is -2.32. The van der Waals surface area contributed by atoms with Crippen LogP contribution in [0.4, 0.5) is 4.39 Å². The molecule has 26 heavy (non-hydrogen) atoms. The van der Waals surface area contributed by atoms with Crippen molar-refractivity contribution in [3.8, 4) is 0 Å². The molecule has 2 aromatic rings. The van der Waals surface area contributed by atoms with Crippen LogP contribution in [0.25, 0.3) is 0 Å². The third kappa shape index (κ3) is 4.08. The third-order valence-electron chi connectivity index (χ3n) is 5.07. The van der Waals surface area contributed by atoms with E-state index in [-0.39, 0.29) is 24.9 Å². The number of amides is 1. The van der Waals surface area contributed by atoms with E-state index in [1.807, 2.05) is 0 Å². The van der Waals surface area contributed by atoms with Crippen LogP contribution in [-0.4, -0.2) is 61.6 Å². The minimum absolute atomic E-state index is 0.0393. The Kier molecular flexibility index (Phi) is 5.63. The number of aryl methyl sites for hydroxylation is 1. The molecule has 1 aliphatic heterocycles. The van der Waals surface area contributed by atoms with Gasteiger partial charge in [-0.05, 0) is 30.5 Å². The number of rotatable bonds is 6. The molecule has 0 unspecified atom stereocenters. The SMILES string of the molecule is O=C(CCn1cnnc1)N1CC[C@H](O)[C@@](CO)(Cc2ccc(F)cc2)C1. The van der Waals surface area contributed by atoms with Crippen molar-refractivity contribution in [3.05, 3.63) is 48.3 Å². The molecule has 3 rings (SSSR count). The number of hydrogen-bond acceptors (Lipinski definition) is 5. The summed E-state index contributed by atoms with van der Waals surface area (Å²) in [5.74, 6) is -0.371. The van der Waals surface area contributed by atoms with Crippen molar-refractivity contribution in [2.45, 2.75) is 31.9 Å². The molecule has 2 atom stereocenters. The highest BCUT2D eigenvalue weighted by Crippen LogP contribution is 2.34. The fraction of sp³-hybridized carbons (Fsp3) is 0.500. The second kappa shape index (κ2) is 7.92. The lowest BCUT2D eigenvalue weighted by Crippen LogP contribution is -2.56. The van der Waals surface area contributed by atoms with Crippen molar-refractivity contribution >= 4 is 5.91 Å². The highest BCUT2D eigenvalue weighted by Gasteiger charge is 2.43. The lowest BCUT2D eigenvalue weighted by molar-refractivity contribution is -0.142. The summed E-state index contributed by atoms with van der Waals surface area (Å²) < 4.78 is 14.9. The summed E-state index contributed by atoms with van der Waals surface area (Å²) in [5, 5.41) is 28.0. The molecule has 0 spiro atoms. The maximum atomic E-state index is 13.1. The van der Waals surface area contributed by atoms with Crippen LogP contribution in [0.2, 0.25) is 0 Å². The van der Waals surface area contributed by atoms with E-state index in [0.717, 1.165) is 5.56 Å². The van der Waals surface area contributed by atoms with E-state index in [2.05, 4.69) is 10.2 Å². The minimum atomic E-state index is -0.845. The molecule has 1 amide bonds. The number of nitrogens with zero attached hydrogens (tertiary/aromatic N) is 4. The molecule has 2 heterocycles. The summed E-state index contributed by atoms with van der Waals surface area (Å²) in [6, 6.07) is 6.01. The quantitative estimate of drug-likeness (QED) is 0.786. The molecule has 0 bridgehead atoms. The molecule has 140 valence electrons. The van der Waals surface area contributed by atoms with Gasteiger partial charge in [0, 0.05) is 31.5 Å². The molecule has 1 aromatic carbocycles. The largest absolute Gasteiger partial charge is 0.396 e. The number of aromatic nitrogens is 3. The number of piperidine rings is 1. The van der Waals surface area contributed by atoms with E-state index in [0.29, 0.717) is 32.4 Å². The molecular formula is C18H23FN4O3. The molecule has 0 aliphatic carbocycles. The smallest absolute Gasteiger partial charge is 0.224 e. The van der Waals surface area contributed by atoms with Gasteiger partial charge in [-0.25, -0.2) is 4.39 Å². The van der Waals surface area contributed by atoms with Gasteiger partial charge in [-0.1, -0.05) is 12.1 Å². The topological polar surface area (TPSA) is 91.5 Å². The zero-order valence-corrected chi connectivity index (χ0v) is 14.5. The molecule has 8 heteroatoms. The van der Waals surface area contributed by atoms with Crippen LogP contribution in [0.3, 0.4) is 0 Å². The Morgan fingerprint density at radius 3 is 2.62 bits per heavy atom. The van der Waals surface area contributed by atoms with Gasteiger partial charge in [-0.15, -0.1) is 10.2 Å². The van der Waals surface area contributed by atoms with Gasteiger partial charge < -0.3 is 19.7 Å². The number of aliphatic hydroxyl groups excluding tert-OH is 2. The fourth-order valence-electron chi connectivity index (χ4n) is 3.48. The number of carbonyl (C=O) groups is 1. The Morgan fingerprint density at radius 2 is 1.96 bits per heavy atom. The van der Waals surface area contributed by atoms with Crippen LogP contribution in [-0.2, 0) is 17.8 Å². The van der Waals surface area contributed by atoms with Crippen molar-refractivity contribution in [3.63, 3.8) is 0 Å². The van der Waals surface area contributed by atoms with Crippen LogP contribution in [0.1, 0.15) is 18.4 Å². The highest BCUT2D eigenvalue weighted by atomic mass is 19.1. The lowest BCUT2D eigenvalue weighted by atomic mass is 9.73. The summed E-state index contributed by atoms with van der Waals surface area (Å²) in [5.41, 5.74) is -0.0271. The second-order valence-electron chi connectivity index (χ2n) is 6.89. The predicted octanol–water partition coefficient (Wildman–Crippen LogP) is 0.622. The van der Waals surface area contributed by atoms with E-state index in [9.17, 15) is 19.4 Å². The van der Waals surface area contributed by atoms with Crippen molar-refractivity contribution in [2.24, 2.45) is 5.41 Å². The Bertz CT molecular complexity index is 723. The van der Waals surface area contributed by atoms with Gasteiger partial charge in [0.2, 0.25) is 5.91 Å². The van der Waals surface area contributed by atoms with E-state index >= 15 is 0 Å². The number of hydrogen-bond donors (Lipinski definition) is 2. The highest BCUT2D eigenvalue weighted by molar-refractivity contribution is 5.76. The average molecular weight is 362 g/mol. The maximum absolute atomic E-state index is 13.1.